The number of sulfonamides is 1. The van der Waals surface area contributed by atoms with Crippen LogP contribution in [0.5, 0.6) is 0 Å². The van der Waals surface area contributed by atoms with Crippen molar-refractivity contribution in [1.82, 2.24) is 4.72 Å². The van der Waals surface area contributed by atoms with Crippen LogP contribution in [-0.4, -0.2) is 26.4 Å². The molecule has 0 unspecified atom stereocenters. The molecule has 7 nitrogen and oxygen atoms in total. The molecular weight excluding hydrogens is 294 g/mol. The number of nitrogens with zero attached hydrogens (tertiary/aromatic N) is 1. The zero-order valence-electron chi connectivity index (χ0n) is 10.3. The number of nitro benzene ring substituents is 1. The summed E-state index contributed by atoms with van der Waals surface area (Å²) in [5.74, 6) is 0. The lowest BCUT2D eigenvalue weighted by molar-refractivity contribution is -0.387. The first-order chi connectivity index (χ1) is 8.40. The highest BCUT2D eigenvalue weighted by Gasteiger charge is 2.27. The summed E-state index contributed by atoms with van der Waals surface area (Å²) < 4.78 is 26.3. The fraction of sp³-hybridized carbons (Fsp3) is 0.400. The Labute approximate surface area is 117 Å². The highest BCUT2D eigenvalue weighted by molar-refractivity contribution is 7.89. The number of benzene rings is 1. The first-order valence-electron chi connectivity index (χ1n) is 5.34. The first kappa shape index (κ1) is 17.8. The molecule has 0 aliphatic heterocycles. The van der Waals surface area contributed by atoms with Crippen LogP contribution in [0.4, 0.5) is 5.69 Å². The fourth-order valence-electron chi connectivity index (χ4n) is 1.51. The van der Waals surface area contributed by atoms with Gasteiger partial charge in [-0.3, -0.25) is 10.1 Å². The Hall–Kier alpha value is -1.22. The normalized spacial score (nSPS) is 10.8. The number of hydrogen-bond donors (Lipinski definition) is 2. The van der Waals surface area contributed by atoms with E-state index < -0.39 is 20.6 Å². The third-order valence-electron chi connectivity index (χ3n) is 2.33. The van der Waals surface area contributed by atoms with Crippen molar-refractivity contribution in [3.05, 3.63) is 33.9 Å². The molecule has 0 aliphatic rings. The van der Waals surface area contributed by atoms with Gasteiger partial charge in [0.2, 0.25) is 10.0 Å². The van der Waals surface area contributed by atoms with Gasteiger partial charge in [-0.1, -0.05) is 12.1 Å². The Morgan fingerprint density at radius 2 is 2.05 bits per heavy atom. The van der Waals surface area contributed by atoms with Gasteiger partial charge in [0.15, 0.2) is 4.90 Å². The van der Waals surface area contributed by atoms with E-state index in [1.165, 1.54) is 25.1 Å². The molecule has 19 heavy (non-hydrogen) atoms. The highest BCUT2D eigenvalue weighted by atomic mass is 35.5. The Morgan fingerprint density at radius 3 is 2.58 bits per heavy atom. The predicted molar refractivity (Wildman–Crippen MR) is 73.9 cm³/mol. The van der Waals surface area contributed by atoms with Gasteiger partial charge in [0.25, 0.3) is 5.69 Å². The molecule has 108 valence electrons. The van der Waals surface area contributed by atoms with Crippen LogP contribution in [0.25, 0.3) is 0 Å². The number of nitrogens with two attached hydrogens (primary N) is 1. The van der Waals surface area contributed by atoms with Crippen molar-refractivity contribution < 1.29 is 13.3 Å². The minimum absolute atomic E-state index is 0. The first-order valence-corrected chi connectivity index (χ1v) is 6.82. The summed E-state index contributed by atoms with van der Waals surface area (Å²) in [5, 5.41) is 10.8. The third-order valence-corrected chi connectivity index (χ3v) is 3.98. The number of aryl methyl sites for hydroxylation is 1. The number of hydrogen-bond acceptors (Lipinski definition) is 5. The molecule has 0 aliphatic carbocycles. The van der Waals surface area contributed by atoms with Crippen LogP contribution in [0.15, 0.2) is 23.1 Å². The van der Waals surface area contributed by atoms with E-state index in [1.54, 1.807) is 0 Å². The van der Waals surface area contributed by atoms with Gasteiger partial charge in [0.1, 0.15) is 0 Å². The molecule has 0 heterocycles. The van der Waals surface area contributed by atoms with Gasteiger partial charge in [0, 0.05) is 12.6 Å². The van der Waals surface area contributed by atoms with Crippen molar-refractivity contribution in [3.63, 3.8) is 0 Å². The summed E-state index contributed by atoms with van der Waals surface area (Å²) in [4.78, 5) is 9.85. The van der Waals surface area contributed by atoms with E-state index in [0.29, 0.717) is 18.5 Å². The summed E-state index contributed by atoms with van der Waals surface area (Å²) in [6.45, 7) is 2.02. The minimum atomic E-state index is -3.89. The lowest BCUT2D eigenvalue weighted by Crippen LogP contribution is -2.27. The highest BCUT2D eigenvalue weighted by Crippen LogP contribution is 2.26. The van der Waals surface area contributed by atoms with E-state index in [9.17, 15) is 18.5 Å². The van der Waals surface area contributed by atoms with Crippen molar-refractivity contribution >= 4 is 28.1 Å². The summed E-state index contributed by atoms with van der Waals surface area (Å²) in [7, 11) is -3.89. The minimum Gasteiger partial charge on any atom is -0.330 e. The Bertz CT molecular complexity index is 548. The van der Waals surface area contributed by atoms with Crippen LogP contribution in [-0.2, 0) is 10.0 Å². The van der Waals surface area contributed by atoms with Crippen LogP contribution in [0.3, 0.4) is 0 Å². The summed E-state index contributed by atoms with van der Waals surface area (Å²) in [6, 6.07) is 4.14. The number of halogens is 1. The van der Waals surface area contributed by atoms with Crippen molar-refractivity contribution in [3.8, 4) is 0 Å². The molecule has 0 spiro atoms. The zero-order valence-corrected chi connectivity index (χ0v) is 12.0. The number of nitrogens with one attached hydrogen (secondary N) is 1. The second-order valence-corrected chi connectivity index (χ2v) is 5.42. The number of nitro groups is 1. The maximum atomic E-state index is 12.0. The second kappa shape index (κ2) is 7.39. The van der Waals surface area contributed by atoms with Gasteiger partial charge in [0.05, 0.1) is 4.92 Å². The maximum absolute atomic E-state index is 12.0. The Kier molecular flexibility index (Phi) is 6.91. The number of rotatable bonds is 6. The molecule has 0 aromatic heterocycles. The Morgan fingerprint density at radius 1 is 1.42 bits per heavy atom. The molecule has 1 aromatic carbocycles. The molecule has 0 radical (unpaired) electrons. The molecule has 3 N–H and O–H groups in total. The lowest BCUT2D eigenvalue weighted by Gasteiger charge is -2.09. The van der Waals surface area contributed by atoms with Gasteiger partial charge in [-0.05, 0) is 25.5 Å². The molecule has 0 fully saturated rings. The molecule has 1 aromatic rings. The Balaban J connectivity index is 0.00000324. The van der Waals surface area contributed by atoms with Gasteiger partial charge < -0.3 is 5.73 Å². The predicted octanol–water partition coefficient (Wildman–Crippen LogP) is 0.952. The molecule has 0 atom stereocenters. The van der Waals surface area contributed by atoms with Crippen LogP contribution in [0.1, 0.15) is 12.0 Å². The quantitative estimate of drug-likeness (QED) is 0.461. The van der Waals surface area contributed by atoms with Crippen molar-refractivity contribution in [2.24, 2.45) is 5.73 Å². The van der Waals surface area contributed by atoms with E-state index in [1.807, 2.05) is 0 Å². The van der Waals surface area contributed by atoms with Crippen LogP contribution < -0.4 is 10.5 Å². The second-order valence-electron chi connectivity index (χ2n) is 3.72. The van der Waals surface area contributed by atoms with Gasteiger partial charge in [-0.2, -0.15) is 0 Å². The standard InChI is InChI=1S/C10H15N3O4S.ClH/c1-8-4-2-5-9(13(14)15)10(8)18(16,17)12-7-3-6-11;/h2,4-5,12H,3,6-7,11H2,1H3;1H. The van der Waals surface area contributed by atoms with Crippen molar-refractivity contribution in [1.29, 1.82) is 0 Å². The zero-order chi connectivity index (χ0) is 13.8. The molecular formula is C10H16ClN3O4S. The van der Waals surface area contributed by atoms with E-state index in [4.69, 9.17) is 5.73 Å². The summed E-state index contributed by atoms with van der Waals surface area (Å²) in [6.07, 6.45) is 0.471. The van der Waals surface area contributed by atoms with E-state index in [2.05, 4.69) is 4.72 Å². The van der Waals surface area contributed by atoms with Crippen LogP contribution in [0, 0.1) is 17.0 Å². The fourth-order valence-corrected chi connectivity index (χ4v) is 2.98. The van der Waals surface area contributed by atoms with Crippen LogP contribution in [0.2, 0.25) is 0 Å². The summed E-state index contributed by atoms with van der Waals surface area (Å²) in [5.41, 5.74) is 5.18. The van der Waals surface area contributed by atoms with Gasteiger partial charge >= 0.3 is 0 Å². The van der Waals surface area contributed by atoms with E-state index in [-0.39, 0.29) is 23.8 Å². The molecule has 0 bridgehead atoms. The van der Waals surface area contributed by atoms with E-state index >= 15 is 0 Å². The smallest absolute Gasteiger partial charge is 0.289 e. The molecule has 0 saturated carbocycles. The molecule has 0 amide bonds. The van der Waals surface area contributed by atoms with Crippen molar-refractivity contribution in [2.75, 3.05) is 13.1 Å². The SMILES string of the molecule is Cc1cccc([N+](=O)[O-])c1S(=O)(=O)NCCCN.Cl. The molecule has 0 saturated heterocycles. The lowest BCUT2D eigenvalue weighted by atomic mass is 10.2. The van der Waals surface area contributed by atoms with Crippen LogP contribution >= 0.6 is 12.4 Å². The van der Waals surface area contributed by atoms with Gasteiger partial charge in [-0.25, -0.2) is 13.1 Å². The van der Waals surface area contributed by atoms with Gasteiger partial charge in [-0.15, -0.1) is 12.4 Å². The molecule has 1 rings (SSSR count). The maximum Gasteiger partial charge on any atom is 0.289 e. The monoisotopic (exact) mass is 309 g/mol. The average molecular weight is 310 g/mol. The topological polar surface area (TPSA) is 115 Å². The largest absolute Gasteiger partial charge is 0.330 e. The van der Waals surface area contributed by atoms with Crippen molar-refractivity contribution in [2.45, 2.75) is 18.2 Å². The average Bonchev–Trinajstić information content (AvgIpc) is 2.28. The third kappa shape index (κ3) is 4.43. The molecule has 9 heteroatoms. The van der Waals surface area contributed by atoms with E-state index in [0.717, 1.165) is 0 Å². The summed E-state index contributed by atoms with van der Waals surface area (Å²) >= 11 is 0.